The lowest BCUT2D eigenvalue weighted by atomic mass is 9.95. The van der Waals surface area contributed by atoms with Crippen molar-refractivity contribution in [3.63, 3.8) is 0 Å². The Labute approximate surface area is 121 Å². The summed E-state index contributed by atoms with van der Waals surface area (Å²) in [7, 11) is -2.87. The summed E-state index contributed by atoms with van der Waals surface area (Å²) in [6, 6.07) is 0. The Morgan fingerprint density at radius 3 is 2.47 bits per heavy atom. The van der Waals surface area contributed by atoms with Gasteiger partial charge in [-0.25, -0.2) is 8.42 Å². The lowest BCUT2D eigenvalue weighted by molar-refractivity contribution is -0.124. The Kier molecular flexibility index (Phi) is 8.69. The first-order valence-corrected chi connectivity index (χ1v) is 9.73. The van der Waals surface area contributed by atoms with Crippen molar-refractivity contribution in [2.45, 2.75) is 38.6 Å². The number of carbonyl (C=O) groups excluding carboxylic acids is 1. The minimum atomic E-state index is -2.87. The second-order valence-corrected chi connectivity index (χ2v) is 8.45. The number of nitrogens with one attached hydrogen (secondary N) is 1. The summed E-state index contributed by atoms with van der Waals surface area (Å²) in [6.07, 6.45) is 3.71. The molecule has 19 heavy (non-hydrogen) atoms. The molecule has 0 saturated carbocycles. The molecule has 0 rings (SSSR count). The highest BCUT2D eigenvalue weighted by Crippen LogP contribution is 2.15. The lowest BCUT2D eigenvalue weighted by Crippen LogP contribution is -2.53. The molecule has 0 aliphatic heterocycles. The predicted octanol–water partition coefficient (Wildman–Crippen LogP) is 0.788. The molecule has 0 heterocycles. The van der Waals surface area contributed by atoms with E-state index in [1.807, 2.05) is 13.8 Å². The third-order valence-electron chi connectivity index (χ3n) is 2.87. The van der Waals surface area contributed by atoms with E-state index in [1.165, 1.54) is 6.26 Å². The van der Waals surface area contributed by atoms with Crippen LogP contribution < -0.4 is 11.1 Å². The summed E-state index contributed by atoms with van der Waals surface area (Å²) in [6.45, 7) is 4.63. The number of hydrogen-bond acceptors (Lipinski definition) is 5. The fourth-order valence-corrected chi connectivity index (χ4v) is 3.77. The first-order valence-electron chi connectivity index (χ1n) is 6.51. The standard InChI is InChI=1S/C12H26N2O3S2/c1-4-7-14-12(2,11(13)15)6-5-8-18-9-10-19(3,16)17/h14H,4-10H2,1-3H3,(H2,13,15). The van der Waals surface area contributed by atoms with Crippen LogP contribution in [-0.4, -0.2) is 49.9 Å². The summed E-state index contributed by atoms with van der Waals surface area (Å²) >= 11 is 1.60. The van der Waals surface area contributed by atoms with Gasteiger partial charge in [0.15, 0.2) is 0 Å². The highest BCUT2D eigenvalue weighted by Gasteiger charge is 2.29. The molecule has 1 unspecified atom stereocenters. The quantitative estimate of drug-likeness (QED) is 0.551. The maximum Gasteiger partial charge on any atom is 0.237 e. The molecule has 0 aromatic rings. The van der Waals surface area contributed by atoms with E-state index in [1.54, 1.807) is 11.8 Å². The van der Waals surface area contributed by atoms with Crippen LogP contribution in [0.3, 0.4) is 0 Å². The highest BCUT2D eigenvalue weighted by atomic mass is 32.2. The number of carbonyl (C=O) groups is 1. The fourth-order valence-electron chi connectivity index (χ4n) is 1.54. The van der Waals surface area contributed by atoms with E-state index in [-0.39, 0.29) is 11.7 Å². The second kappa shape index (κ2) is 8.81. The van der Waals surface area contributed by atoms with E-state index in [0.29, 0.717) is 12.2 Å². The number of sulfone groups is 1. The van der Waals surface area contributed by atoms with Gasteiger partial charge >= 0.3 is 0 Å². The van der Waals surface area contributed by atoms with Crippen LogP contribution in [0.1, 0.15) is 33.1 Å². The molecular formula is C12H26N2O3S2. The van der Waals surface area contributed by atoms with Crippen molar-refractivity contribution in [1.29, 1.82) is 0 Å². The summed E-state index contributed by atoms with van der Waals surface area (Å²) in [5.74, 6) is 1.32. The van der Waals surface area contributed by atoms with E-state index in [0.717, 1.165) is 25.1 Å². The Balaban J connectivity index is 3.91. The molecule has 0 aliphatic carbocycles. The Morgan fingerprint density at radius 2 is 2.00 bits per heavy atom. The van der Waals surface area contributed by atoms with Crippen molar-refractivity contribution < 1.29 is 13.2 Å². The average molecular weight is 310 g/mol. The topological polar surface area (TPSA) is 89.3 Å². The molecule has 0 fully saturated rings. The minimum absolute atomic E-state index is 0.207. The van der Waals surface area contributed by atoms with E-state index >= 15 is 0 Å². The van der Waals surface area contributed by atoms with Crippen molar-refractivity contribution in [2.24, 2.45) is 5.73 Å². The van der Waals surface area contributed by atoms with Gasteiger partial charge in [0.1, 0.15) is 9.84 Å². The number of nitrogens with two attached hydrogens (primary N) is 1. The zero-order valence-corrected chi connectivity index (χ0v) is 13.7. The van der Waals surface area contributed by atoms with E-state index in [4.69, 9.17) is 5.73 Å². The lowest BCUT2D eigenvalue weighted by Gasteiger charge is -2.27. The van der Waals surface area contributed by atoms with Crippen molar-refractivity contribution in [1.82, 2.24) is 5.32 Å². The van der Waals surface area contributed by atoms with Gasteiger partial charge in [0.2, 0.25) is 5.91 Å². The largest absolute Gasteiger partial charge is 0.368 e. The Morgan fingerprint density at radius 1 is 1.37 bits per heavy atom. The molecule has 114 valence electrons. The van der Waals surface area contributed by atoms with Gasteiger partial charge in [0, 0.05) is 12.0 Å². The van der Waals surface area contributed by atoms with Gasteiger partial charge < -0.3 is 11.1 Å². The number of rotatable bonds is 11. The third-order valence-corrected chi connectivity index (χ3v) is 5.15. The summed E-state index contributed by atoms with van der Waals surface area (Å²) < 4.78 is 21.9. The fraction of sp³-hybridized carbons (Fsp3) is 0.917. The van der Waals surface area contributed by atoms with Gasteiger partial charge in [0.05, 0.1) is 11.3 Å². The predicted molar refractivity (Wildman–Crippen MR) is 82.2 cm³/mol. The van der Waals surface area contributed by atoms with E-state index < -0.39 is 15.4 Å². The molecular weight excluding hydrogens is 284 g/mol. The molecule has 1 amide bonds. The van der Waals surface area contributed by atoms with Gasteiger partial charge in [-0.15, -0.1) is 0 Å². The smallest absolute Gasteiger partial charge is 0.237 e. The van der Waals surface area contributed by atoms with Crippen LogP contribution in [0.2, 0.25) is 0 Å². The molecule has 5 nitrogen and oxygen atoms in total. The molecule has 0 aliphatic rings. The van der Waals surface area contributed by atoms with Crippen LogP contribution in [0.15, 0.2) is 0 Å². The molecule has 0 spiro atoms. The van der Waals surface area contributed by atoms with Crippen LogP contribution >= 0.6 is 11.8 Å². The maximum absolute atomic E-state index is 11.5. The van der Waals surface area contributed by atoms with Crippen LogP contribution in [0.5, 0.6) is 0 Å². The SMILES string of the molecule is CCCNC(C)(CCCSCCS(C)(=O)=O)C(N)=O. The van der Waals surface area contributed by atoms with Gasteiger partial charge in [-0.2, -0.15) is 11.8 Å². The van der Waals surface area contributed by atoms with Crippen molar-refractivity contribution in [2.75, 3.05) is 30.1 Å². The third kappa shape index (κ3) is 9.29. The Bertz CT molecular complexity index is 371. The number of primary amides is 1. The normalized spacial score (nSPS) is 15.1. The highest BCUT2D eigenvalue weighted by molar-refractivity contribution is 8.00. The van der Waals surface area contributed by atoms with Gasteiger partial charge in [0.25, 0.3) is 0 Å². The molecule has 0 bridgehead atoms. The first kappa shape index (κ1) is 18.7. The molecule has 0 saturated heterocycles. The molecule has 0 aromatic heterocycles. The van der Waals surface area contributed by atoms with Crippen molar-refractivity contribution >= 4 is 27.5 Å². The van der Waals surface area contributed by atoms with Crippen molar-refractivity contribution in [3.05, 3.63) is 0 Å². The zero-order chi connectivity index (χ0) is 14.9. The van der Waals surface area contributed by atoms with Crippen LogP contribution in [-0.2, 0) is 14.6 Å². The van der Waals surface area contributed by atoms with Crippen LogP contribution in [0.4, 0.5) is 0 Å². The molecule has 0 radical (unpaired) electrons. The maximum atomic E-state index is 11.5. The van der Waals surface area contributed by atoms with Gasteiger partial charge in [-0.1, -0.05) is 6.92 Å². The van der Waals surface area contributed by atoms with E-state index in [2.05, 4.69) is 5.32 Å². The summed E-state index contributed by atoms with van der Waals surface area (Å²) in [4.78, 5) is 11.5. The molecule has 1 atom stereocenters. The summed E-state index contributed by atoms with van der Waals surface area (Å²) in [5, 5.41) is 3.18. The molecule has 7 heteroatoms. The Hall–Kier alpha value is -0.270. The number of hydrogen-bond donors (Lipinski definition) is 2. The van der Waals surface area contributed by atoms with Gasteiger partial charge in [-0.3, -0.25) is 4.79 Å². The molecule has 0 aromatic carbocycles. The number of thioether (sulfide) groups is 1. The van der Waals surface area contributed by atoms with Crippen LogP contribution in [0.25, 0.3) is 0 Å². The first-order chi connectivity index (χ1) is 8.71. The minimum Gasteiger partial charge on any atom is -0.368 e. The van der Waals surface area contributed by atoms with E-state index in [9.17, 15) is 13.2 Å². The number of amides is 1. The second-order valence-electron chi connectivity index (χ2n) is 4.97. The van der Waals surface area contributed by atoms with Crippen LogP contribution in [0, 0.1) is 0 Å². The van der Waals surface area contributed by atoms with Crippen molar-refractivity contribution in [3.8, 4) is 0 Å². The average Bonchev–Trinajstić information content (AvgIpc) is 2.29. The summed E-state index contributed by atoms with van der Waals surface area (Å²) in [5.41, 5.74) is 4.76. The zero-order valence-electron chi connectivity index (χ0n) is 12.1. The van der Waals surface area contributed by atoms with Gasteiger partial charge in [-0.05, 0) is 38.5 Å². The molecule has 3 N–H and O–H groups in total. The monoisotopic (exact) mass is 310 g/mol.